The fraction of sp³-hybridized carbons (Fsp3) is 0.500. The van der Waals surface area contributed by atoms with Gasteiger partial charge in [0.15, 0.2) is 11.5 Å². The van der Waals surface area contributed by atoms with Crippen LogP contribution in [-0.4, -0.2) is 55.1 Å². The lowest BCUT2D eigenvalue weighted by atomic mass is 9.93. The van der Waals surface area contributed by atoms with Crippen LogP contribution in [0.3, 0.4) is 0 Å². The number of imide groups is 1. The maximum atomic E-state index is 12.4. The molecule has 1 saturated heterocycles. The van der Waals surface area contributed by atoms with Crippen LogP contribution >= 0.6 is 0 Å². The van der Waals surface area contributed by atoms with Crippen LogP contribution in [0.5, 0.6) is 11.5 Å². The summed E-state index contributed by atoms with van der Waals surface area (Å²) in [6.07, 6.45) is 0.970. The Morgan fingerprint density at radius 1 is 1.19 bits per heavy atom. The Bertz CT molecular complexity index is 673. The van der Waals surface area contributed by atoms with Gasteiger partial charge in [-0.3, -0.25) is 14.5 Å². The van der Waals surface area contributed by atoms with Crippen molar-refractivity contribution in [3.05, 3.63) is 24.3 Å². The van der Waals surface area contributed by atoms with Gasteiger partial charge in [0.05, 0.1) is 13.7 Å². The van der Waals surface area contributed by atoms with Gasteiger partial charge in [0.1, 0.15) is 18.7 Å². The summed E-state index contributed by atoms with van der Waals surface area (Å²) < 4.78 is 10.7. The lowest BCUT2D eigenvalue weighted by Crippen LogP contribution is -2.46. The number of ether oxygens (including phenoxy) is 2. The van der Waals surface area contributed by atoms with Crippen molar-refractivity contribution in [1.82, 2.24) is 15.5 Å². The Labute approximate surface area is 152 Å². The maximum Gasteiger partial charge on any atom is 0.325 e. The molecule has 26 heavy (non-hydrogen) atoms. The molecule has 1 fully saturated rings. The van der Waals surface area contributed by atoms with Gasteiger partial charge in [0.25, 0.3) is 5.91 Å². The van der Waals surface area contributed by atoms with Crippen molar-refractivity contribution in [2.75, 3.05) is 26.8 Å². The van der Waals surface area contributed by atoms with E-state index >= 15 is 0 Å². The Hall–Kier alpha value is -2.77. The zero-order chi connectivity index (χ0) is 19.2. The molecule has 1 aliphatic heterocycles. The molecular formula is C18H25N3O5. The third kappa shape index (κ3) is 4.07. The molecule has 0 radical (unpaired) electrons. The number of methoxy groups -OCH3 is 1. The number of para-hydroxylation sites is 2. The first kappa shape index (κ1) is 19.6. The number of carbonyl (C=O) groups is 3. The molecule has 2 N–H and O–H groups in total. The Morgan fingerprint density at radius 3 is 2.42 bits per heavy atom. The number of nitrogens with one attached hydrogen (secondary N) is 2. The summed E-state index contributed by atoms with van der Waals surface area (Å²) >= 11 is 0. The van der Waals surface area contributed by atoms with Crippen molar-refractivity contribution in [3.63, 3.8) is 0 Å². The molecule has 142 valence electrons. The van der Waals surface area contributed by atoms with Gasteiger partial charge in [-0.05, 0) is 25.0 Å². The van der Waals surface area contributed by atoms with E-state index in [4.69, 9.17) is 9.47 Å². The quantitative estimate of drug-likeness (QED) is 0.509. The molecule has 8 nitrogen and oxygen atoms in total. The average molecular weight is 363 g/mol. The van der Waals surface area contributed by atoms with Gasteiger partial charge in [-0.2, -0.15) is 0 Å². The molecule has 1 aromatic carbocycles. The number of hydrogen-bond donors (Lipinski definition) is 2. The summed E-state index contributed by atoms with van der Waals surface area (Å²) in [5.74, 6) is 0.413. The Kier molecular flexibility index (Phi) is 6.43. The summed E-state index contributed by atoms with van der Waals surface area (Å²) in [7, 11) is 1.55. The van der Waals surface area contributed by atoms with E-state index in [1.807, 2.05) is 26.0 Å². The van der Waals surface area contributed by atoms with E-state index in [2.05, 4.69) is 10.6 Å². The van der Waals surface area contributed by atoms with Gasteiger partial charge in [0.2, 0.25) is 5.91 Å². The van der Waals surface area contributed by atoms with E-state index in [1.165, 1.54) is 0 Å². The average Bonchev–Trinajstić information content (AvgIpc) is 2.90. The van der Waals surface area contributed by atoms with Gasteiger partial charge in [-0.1, -0.05) is 26.0 Å². The number of carbonyl (C=O) groups excluding carboxylic acids is 3. The summed E-state index contributed by atoms with van der Waals surface area (Å²) in [5.41, 5.74) is -0.898. The Balaban J connectivity index is 1.80. The standard InChI is InChI=1S/C18H25N3O5/c1-4-18(5-2)16(23)21(17(24)20-18)12-15(22)19-10-11-26-14-9-7-6-8-13(14)25-3/h6-9H,4-5,10-12H2,1-3H3,(H,19,22)(H,20,24). The minimum atomic E-state index is -0.898. The van der Waals surface area contributed by atoms with Crippen LogP contribution in [0.1, 0.15) is 26.7 Å². The van der Waals surface area contributed by atoms with Crippen LogP contribution in [0.25, 0.3) is 0 Å². The van der Waals surface area contributed by atoms with Crippen LogP contribution in [0.15, 0.2) is 24.3 Å². The SMILES string of the molecule is CCC1(CC)NC(=O)N(CC(=O)NCCOc2ccccc2OC)C1=O. The van der Waals surface area contributed by atoms with E-state index < -0.39 is 17.5 Å². The van der Waals surface area contributed by atoms with Gasteiger partial charge in [0, 0.05) is 0 Å². The molecule has 0 aliphatic carbocycles. The molecule has 8 heteroatoms. The van der Waals surface area contributed by atoms with Crippen molar-refractivity contribution in [2.24, 2.45) is 0 Å². The van der Waals surface area contributed by atoms with Crippen molar-refractivity contribution in [1.29, 1.82) is 0 Å². The number of benzene rings is 1. The molecule has 4 amide bonds. The molecule has 0 atom stereocenters. The molecule has 0 unspecified atom stereocenters. The second-order valence-corrected chi connectivity index (χ2v) is 5.96. The van der Waals surface area contributed by atoms with Crippen molar-refractivity contribution < 1.29 is 23.9 Å². The fourth-order valence-electron chi connectivity index (χ4n) is 2.84. The van der Waals surface area contributed by atoms with E-state index in [1.54, 1.807) is 19.2 Å². The highest BCUT2D eigenvalue weighted by Gasteiger charge is 2.49. The summed E-state index contributed by atoms with van der Waals surface area (Å²) in [6.45, 7) is 3.84. The zero-order valence-electron chi connectivity index (χ0n) is 15.3. The molecule has 0 saturated carbocycles. The zero-order valence-corrected chi connectivity index (χ0v) is 15.3. The normalized spacial score (nSPS) is 15.6. The van der Waals surface area contributed by atoms with E-state index in [9.17, 15) is 14.4 Å². The minimum absolute atomic E-state index is 0.236. The van der Waals surface area contributed by atoms with E-state index in [-0.39, 0.29) is 25.6 Å². The molecule has 0 spiro atoms. The van der Waals surface area contributed by atoms with Crippen LogP contribution in [0.2, 0.25) is 0 Å². The monoisotopic (exact) mass is 363 g/mol. The number of amides is 4. The molecular weight excluding hydrogens is 338 g/mol. The first-order valence-electron chi connectivity index (χ1n) is 8.64. The van der Waals surface area contributed by atoms with E-state index in [0.29, 0.717) is 24.3 Å². The van der Waals surface area contributed by atoms with Crippen LogP contribution < -0.4 is 20.1 Å². The maximum absolute atomic E-state index is 12.4. The highest BCUT2D eigenvalue weighted by Crippen LogP contribution is 2.26. The molecule has 2 rings (SSSR count). The smallest absolute Gasteiger partial charge is 0.325 e. The van der Waals surface area contributed by atoms with Gasteiger partial charge < -0.3 is 20.1 Å². The largest absolute Gasteiger partial charge is 0.493 e. The third-order valence-electron chi connectivity index (χ3n) is 4.51. The minimum Gasteiger partial charge on any atom is -0.493 e. The molecule has 1 aromatic rings. The number of nitrogens with zero attached hydrogens (tertiary/aromatic N) is 1. The second-order valence-electron chi connectivity index (χ2n) is 5.96. The first-order chi connectivity index (χ1) is 12.5. The van der Waals surface area contributed by atoms with Crippen LogP contribution in [-0.2, 0) is 9.59 Å². The van der Waals surface area contributed by atoms with Crippen LogP contribution in [0.4, 0.5) is 4.79 Å². The molecule has 1 heterocycles. The summed E-state index contributed by atoms with van der Waals surface area (Å²) in [6, 6.07) is 6.67. The van der Waals surface area contributed by atoms with Crippen molar-refractivity contribution in [3.8, 4) is 11.5 Å². The van der Waals surface area contributed by atoms with Crippen molar-refractivity contribution >= 4 is 17.8 Å². The van der Waals surface area contributed by atoms with Gasteiger partial charge >= 0.3 is 6.03 Å². The van der Waals surface area contributed by atoms with Gasteiger partial charge in [-0.15, -0.1) is 0 Å². The lowest BCUT2D eigenvalue weighted by molar-refractivity contribution is -0.135. The molecule has 0 aromatic heterocycles. The van der Waals surface area contributed by atoms with Gasteiger partial charge in [-0.25, -0.2) is 4.79 Å². The van der Waals surface area contributed by atoms with Crippen molar-refractivity contribution in [2.45, 2.75) is 32.2 Å². The highest BCUT2D eigenvalue weighted by atomic mass is 16.5. The predicted molar refractivity (Wildman–Crippen MR) is 95.1 cm³/mol. The third-order valence-corrected chi connectivity index (χ3v) is 4.51. The second kappa shape index (κ2) is 8.55. The highest BCUT2D eigenvalue weighted by molar-refractivity contribution is 6.08. The lowest BCUT2D eigenvalue weighted by Gasteiger charge is -2.23. The number of rotatable bonds is 9. The topological polar surface area (TPSA) is 97.0 Å². The molecule has 1 aliphatic rings. The first-order valence-corrected chi connectivity index (χ1v) is 8.64. The van der Waals surface area contributed by atoms with E-state index in [0.717, 1.165) is 4.90 Å². The Morgan fingerprint density at radius 2 is 1.85 bits per heavy atom. The number of urea groups is 1. The fourth-order valence-corrected chi connectivity index (χ4v) is 2.84. The van der Waals surface area contributed by atoms with Crippen LogP contribution in [0, 0.1) is 0 Å². The summed E-state index contributed by atoms with van der Waals surface area (Å²) in [5, 5.41) is 5.34. The number of hydrogen-bond acceptors (Lipinski definition) is 5. The summed E-state index contributed by atoms with van der Waals surface area (Å²) in [4.78, 5) is 37.5. The molecule has 0 bridgehead atoms. The predicted octanol–water partition coefficient (Wildman–Crippen LogP) is 1.30.